The van der Waals surface area contributed by atoms with Gasteiger partial charge in [-0.2, -0.15) is 13.2 Å². The van der Waals surface area contributed by atoms with Gasteiger partial charge in [0.2, 0.25) is 0 Å². The van der Waals surface area contributed by atoms with Gasteiger partial charge in [0.1, 0.15) is 5.75 Å². The highest BCUT2D eigenvalue weighted by atomic mass is 19.4. The Hall–Kier alpha value is -1.23. The van der Waals surface area contributed by atoms with Crippen LogP contribution in [0.3, 0.4) is 0 Å². The maximum Gasteiger partial charge on any atom is 0.416 e. The highest BCUT2D eigenvalue weighted by Gasteiger charge is 2.33. The van der Waals surface area contributed by atoms with Crippen molar-refractivity contribution in [3.63, 3.8) is 0 Å². The van der Waals surface area contributed by atoms with Crippen LogP contribution in [-0.2, 0) is 6.18 Å². The third-order valence-electron chi connectivity index (χ3n) is 3.78. The molecule has 0 aromatic heterocycles. The number of nitrogens with two attached hydrogens (primary N) is 1. The Kier molecular flexibility index (Phi) is 4.04. The zero-order valence-corrected chi connectivity index (χ0v) is 10.8. The molecule has 2 nitrogen and oxygen atoms in total. The van der Waals surface area contributed by atoms with Gasteiger partial charge in [0.25, 0.3) is 0 Å². The molecule has 1 aliphatic carbocycles. The lowest BCUT2D eigenvalue weighted by molar-refractivity contribution is -0.137. The van der Waals surface area contributed by atoms with Crippen LogP contribution in [0.5, 0.6) is 5.75 Å². The van der Waals surface area contributed by atoms with Gasteiger partial charge >= 0.3 is 6.18 Å². The van der Waals surface area contributed by atoms with Gasteiger partial charge in [-0.3, -0.25) is 0 Å². The van der Waals surface area contributed by atoms with Crippen molar-refractivity contribution in [2.24, 2.45) is 11.7 Å². The van der Waals surface area contributed by atoms with Gasteiger partial charge in [0, 0.05) is 6.04 Å². The second-order valence-electron chi connectivity index (χ2n) is 5.06. The standard InChI is InChI=1S/C14H18F3NO/c1-19-12-7-10(6-11(8-12)14(15,16)17)13(18)9-4-2-3-5-9/h6-9,13H,2-5,18H2,1H3/t13-/m1/s1. The fourth-order valence-electron chi connectivity index (χ4n) is 2.68. The summed E-state index contributed by atoms with van der Waals surface area (Å²) in [6.07, 6.45) is -0.193. The molecule has 1 aliphatic rings. The lowest BCUT2D eigenvalue weighted by Gasteiger charge is -2.21. The van der Waals surface area contributed by atoms with E-state index in [1.807, 2.05) is 0 Å². The lowest BCUT2D eigenvalue weighted by atomic mass is 9.91. The van der Waals surface area contributed by atoms with Crippen molar-refractivity contribution in [1.29, 1.82) is 0 Å². The minimum atomic E-state index is -4.38. The van der Waals surface area contributed by atoms with E-state index in [2.05, 4.69) is 0 Å². The first-order valence-electron chi connectivity index (χ1n) is 6.43. The molecule has 1 fully saturated rings. The van der Waals surface area contributed by atoms with Crippen LogP contribution in [-0.4, -0.2) is 7.11 Å². The van der Waals surface area contributed by atoms with Crippen molar-refractivity contribution >= 4 is 0 Å². The first kappa shape index (κ1) is 14.2. The van der Waals surface area contributed by atoms with Crippen LogP contribution in [0, 0.1) is 5.92 Å². The quantitative estimate of drug-likeness (QED) is 0.906. The molecule has 0 saturated heterocycles. The molecule has 5 heteroatoms. The summed E-state index contributed by atoms with van der Waals surface area (Å²) in [6.45, 7) is 0. The van der Waals surface area contributed by atoms with Crippen LogP contribution >= 0.6 is 0 Å². The summed E-state index contributed by atoms with van der Waals surface area (Å²) in [7, 11) is 1.36. The lowest BCUT2D eigenvalue weighted by Crippen LogP contribution is -2.20. The van der Waals surface area contributed by atoms with Gasteiger partial charge in [0.15, 0.2) is 0 Å². The molecule has 0 amide bonds. The normalized spacial score (nSPS) is 18.6. The number of ether oxygens (including phenoxy) is 1. The zero-order valence-electron chi connectivity index (χ0n) is 10.8. The fraction of sp³-hybridized carbons (Fsp3) is 0.571. The summed E-state index contributed by atoms with van der Waals surface area (Å²) < 4.78 is 43.4. The molecule has 106 valence electrons. The summed E-state index contributed by atoms with van der Waals surface area (Å²) in [5, 5.41) is 0. The molecule has 0 unspecified atom stereocenters. The van der Waals surface area contributed by atoms with E-state index in [4.69, 9.17) is 10.5 Å². The predicted octanol–water partition coefficient (Wildman–Crippen LogP) is 3.90. The van der Waals surface area contributed by atoms with Crippen LogP contribution in [0.25, 0.3) is 0 Å². The molecule has 0 aliphatic heterocycles. The molecule has 0 radical (unpaired) electrons. The fourth-order valence-corrected chi connectivity index (χ4v) is 2.68. The molecule has 0 heterocycles. The van der Waals surface area contributed by atoms with E-state index in [1.165, 1.54) is 7.11 Å². The summed E-state index contributed by atoms with van der Waals surface area (Å²) in [5.74, 6) is 0.478. The first-order chi connectivity index (χ1) is 8.91. The largest absolute Gasteiger partial charge is 0.497 e. The summed E-state index contributed by atoms with van der Waals surface area (Å²) in [6, 6.07) is 3.41. The van der Waals surface area contributed by atoms with E-state index >= 15 is 0 Å². The number of methoxy groups -OCH3 is 1. The molecule has 1 aromatic carbocycles. The Morgan fingerprint density at radius 3 is 2.37 bits per heavy atom. The second-order valence-corrected chi connectivity index (χ2v) is 5.06. The molecule has 2 rings (SSSR count). The van der Waals surface area contributed by atoms with Crippen molar-refractivity contribution in [1.82, 2.24) is 0 Å². The van der Waals surface area contributed by atoms with Gasteiger partial charge in [-0.15, -0.1) is 0 Å². The molecule has 1 atom stereocenters. The number of halogens is 3. The van der Waals surface area contributed by atoms with E-state index in [0.717, 1.165) is 37.8 Å². The molecular formula is C14H18F3NO. The smallest absolute Gasteiger partial charge is 0.416 e. The average Bonchev–Trinajstić information content (AvgIpc) is 2.90. The van der Waals surface area contributed by atoms with Crippen molar-refractivity contribution in [3.8, 4) is 5.75 Å². The van der Waals surface area contributed by atoms with E-state index in [-0.39, 0.29) is 17.7 Å². The highest BCUT2D eigenvalue weighted by molar-refractivity contribution is 5.37. The molecule has 2 N–H and O–H groups in total. The van der Waals surface area contributed by atoms with Gasteiger partial charge in [-0.25, -0.2) is 0 Å². The van der Waals surface area contributed by atoms with Gasteiger partial charge in [0.05, 0.1) is 12.7 Å². The third kappa shape index (κ3) is 3.21. The Morgan fingerprint density at radius 1 is 1.21 bits per heavy atom. The minimum absolute atomic E-state index is 0.207. The maximum absolute atomic E-state index is 12.8. The Balaban J connectivity index is 2.33. The summed E-state index contributed by atoms with van der Waals surface area (Å²) >= 11 is 0. The van der Waals surface area contributed by atoms with E-state index in [9.17, 15) is 13.2 Å². The topological polar surface area (TPSA) is 35.2 Å². The van der Waals surface area contributed by atoms with Crippen molar-refractivity contribution in [3.05, 3.63) is 29.3 Å². The Bertz CT molecular complexity index is 439. The predicted molar refractivity (Wildman–Crippen MR) is 66.9 cm³/mol. The monoisotopic (exact) mass is 273 g/mol. The van der Waals surface area contributed by atoms with Crippen LogP contribution in [0.2, 0.25) is 0 Å². The third-order valence-corrected chi connectivity index (χ3v) is 3.78. The van der Waals surface area contributed by atoms with Crippen LogP contribution in [0.15, 0.2) is 18.2 Å². The Morgan fingerprint density at radius 2 is 1.84 bits per heavy atom. The summed E-state index contributed by atoms with van der Waals surface area (Å²) in [4.78, 5) is 0. The molecule has 1 saturated carbocycles. The highest BCUT2D eigenvalue weighted by Crippen LogP contribution is 2.38. The zero-order chi connectivity index (χ0) is 14.0. The number of benzene rings is 1. The van der Waals surface area contributed by atoms with Gasteiger partial charge in [-0.05, 0) is 42.5 Å². The van der Waals surface area contributed by atoms with Crippen LogP contribution < -0.4 is 10.5 Å². The number of rotatable bonds is 3. The molecular weight excluding hydrogens is 255 g/mol. The van der Waals surface area contributed by atoms with Gasteiger partial charge in [-0.1, -0.05) is 12.8 Å². The van der Waals surface area contributed by atoms with Crippen molar-refractivity contribution in [2.75, 3.05) is 7.11 Å². The van der Waals surface area contributed by atoms with Crippen molar-refractivity contribution in [2.45, 2.75) is 37.9 Å². The van der Waals surface area contributed by atoms with Crippen molar-refractivity contribution < 1.29 is 17.9 Å². The number of alkyl halides is 3. The van der Waals surface area contributed by atoms with Crippen LogP contribution in [0.1, 0.15) is 42.9 Å². The van der Waals surface area contributed by atoms with E-state index in [0.29, 0.717) is 5.56 Å². The molecule has 0 spiro atoms. The number of hydrogen-bond donors (Lipinski definition) is 1. The summed E-state index contributed by atoms with van der Waals surface area (Å²) in [5.41, 5.74) is 5.93. The maximum atomic E-state index is 12.8. The molecule has 0 bridgehead atoms. The minimum Gasteiger partial charge on any atom is -0.497 e. The van der Waals surface area contributed by atoms with E-state index in [1.54, 1.807) is 6.07 Å². The SMILES string of the molecule is COc1cc([C@H](N)C2CCCC2)cc(C(F)(F)F)c1. The van der Waals surface area contributed by atoms with Crippen LogP contribution in [0.4, 0.5) is 13.2 Å². The number of hydrogen-bond acceptors (Lipinski definition) is 2. The van der Waals surface area contributed by atoms with Gasteiger partial charge < -0.3 is 10.5 Å². The van der Waals surface area contributed by atoms with E-state index < -0.39 is 11.7 Å². The second kappa shape index (κ2) is 5.41. The average molecular weight is 273 g/mol. The Labute approximate surface area is 110 Å². The molecule has 1 aromatic rings. The first-order valence-corrected chi connectivity index (χ1v) is 6.43. The molecule has 19 heavy (non-hydrogen) atoms.